The third-order valence-electron chi connectivity index (χ3n) is 3.04. The van der Waals surface area contributed by atoms with Crippen molar-refractivity contribution >= 4 is 0 Å². The molecular weight excluding hydrogens is 294 g/mol. The van der Waals surface area contributed by atoms with E-state index < -0.39 is 0 Å². The van der Waals surface area contributed by atoms with E-state index in [1.165, 1.54) is 0 Å². The molecule has 0 spiro atoms. The van der Waals surface area contributed by atoms with Crippen LogP contribution in [0.4, 0.5) is 0 Å². The Labute approximate surface area is 136 Å². The predicted molar refractivity (Wildman–Crippen MR) is 86.3 cm³/mol. The minimum absolute atomic E-state index is 0.371. The molecule has 0 aliphatic carbocycles. The molecule has 2 aromatic rings. The summed E-state index contributed by atoms with van der Waals surface area (Å²) in [6.45, 7) is 3.35. The van der Waals surface area contributed by atoms with E-state index in [0.717, 1.165) is 11.5 Å². The molecule has 0 heterocycles. The first-order valence-corrected chi connectivity index (χ1v) is 7.33. The van der Waals surface area contributed by atoms with Gasteiger partial charge in [-0.05, 0) is 43.3 Å². The molecular formula is C18H19NO4. The molecule has 0 saturated carbocycles. The highest BCUT2D eigenvalue weighted by Crippen LogP contribution is 2.27. The maximum absolute atomic E-state index is 8.87. The van der Waals surface area contributed by atoms with Crippen molar-refractivity contribution in [1.29, 1.82) is 5.26 Å². The average Bonchev–Trinajstić information content (AvgIpc) is 2.60. The molecule has 120 valence electrons. The van der Waals surface area contributed by atoms with Gasteiger partial charge < -0.3 is 18.9 Å². The maximum atomic E-state index is 8.87. The van der Waals surface area contributed by atoms with Gasteiger partial charge in [0.1, 0.15) is 24.7 Å². The second-order valence-corrected chi connectivity index (χ2v) is 4.58. The van der Waals surface area contributed by atoms with Crippen LogP contribution in [-0.4, -0.2) is 26.9 Å². The van der Waals surface area contributed by atoms with Crippen molar-refractivity contribution in [3.63, 3.8) is 0 Å². The summed E-state index contributed by atoms with van der Waals surface area (Å²) in [4.78, 5) is 0. The highest BCUT2D eigenvalue weighted by molar-refractivity contribution is 5.46. The van der Waals surface area contributed by atoms with E-state index in [4.69, 9.17) is 24.2 Å². The number of nitriles is 1. The first-order chi connectivity index (χ1) is 11.3. The fourth-order valence-corrected chi connectivity index (χ4v) is 1.97. The molecule has 0 N–H and O–H groups in total. The van der Waals surface area contributed by atoms with Crippen LogP contribution in [0.2, 0.25) is 0 Å². The van der Waals surface area contributed by atoms with Gasteiger partial charge in [-0.2, -0.15) is 5.26 Å². The van der Waals surface area contributed by atoms with Crippen LogP contribution < -0.4 is 18.9 Å². The standard InChI is InChI=1S/C18H19NO4/c1-3-21-15-5-7-16(8-6-15)22-10-11-23-17-9-4-14(13-19)12-18(17)20-2/h4-9,12H,3,10-11H2,1-2H3. The minimum atomic E-state index is 0.371. The number of methoxy groups -OCH3 is 1. The van der Waals surface area contributed by atoms with Crippen LogP contribution in [0.1, 0.15) is 12.5 Å². The van der Waals surface area contributed by atoms with Crippen LogP contribution in [-0.2, 0) is 0 Å². The summed E-state index contributed by atoms with van der Waals surface area (Å²) in [6, 6.07) is 14.5. The van der Waals surface area contributed by atoms with Crippen LogP contribution in [0.15, 0.2) is 42.5 Å². The lowest BCUT2D eigenvalue weighted by Crippen LogP contribution is -2.09. The molecule has 0 saturated heterocycles. The Morgan fingerprint density at radius 1 is 0.870 bits per heavy atom. The molecule has 0 unspecified atom stereocenters. The molecule has 0 bridgehead atoms. The number of ether oxygens (including phenoxy) is 4. The van der Waals surface area contributed by atoms with Gasteiger partial charge in [-0.15, -0.1) is 0 Å². The first-order valence-electron chi connectivity index (χ1n) is 7.33. The summed E-state index contributed by atoms with van der Waals surface area (Å²) in [5.41, 5.74) is 0.528. The second kappa shape index (κ2) is 8.54. The molecule has 2 rings (SSSR count). The highest BCUT2D eigenvalue weighted by Gasteiger charge is 2.05. The Balaban J connectivity index is 1.82. The van der Waals surface area contributed by atoms with E-state index in [0.29, 0.717) is 36.9 Å². The fourth-order valence-electron chi connectivity index (χ4n) is 1.97. The summed E-state index contributed by atoms with van der Waals surface area (Å²) in [6.07, 6.45) is 0. The Morgan fingerprint density at radius 3 is 2.13 bits per heavy atom. The molecule has 23 heavy (non-hydrogen) atoms. The lowest BCUT2D eigenvalue weighted by Gasteiger charge is -2.12. The molecule has 5 heteroatoms. The third kappa shape index (κ3) is 4.82. The van der Waals surface area contributed by atoms with Crippen molar-refractivity contribution in [2.24, 2.45) is 0 Å². The van der Waals surface area contributed by atoms with E-state index in [2.05, 4.69) is 6.07 Å². The van der Waals surface area contributed by atoms with Crippen LogP contribution >= 0.6 is 0 Å². The average molecular weight is 313 g/mol. The second-order valence-electron chi connectivity index (χ2n) is 4.58. The molecule has 0 atom stereocenters. The summed E-state index contributed by atoms with van der Waals surface area (Å²) >= 11 is 0. The number of hydrogen-bond acceptors (Lipinski definition) is 5. The van der Waals surface area contributed by atoms with Crippen LogP contribution in [0.25, 0.3) is 0 Å². The summed E-state index contributed by atoms with van der Waals surface area (Å²) in [5, 5.41) is 8.87. The molecule has 0 aromatic heterocycles. The largest absolute Gasteiger partial charge is 0.494 e. The third-order valence-corrected chi connectivity index (χ3v) is 3.04. The monoisotopic (exact) mass is 313 g/mol. The van der Waals surface area contributed by atoms with Crippen molar-refractivity contribution in [3.05, 3.63) is 48.0 Å². The molecule has 0 amide bonds. The predicted octanol–water partition coefficient (Wildman–Crippen LogP) is 3.42. The molecule has 5 nitrogen and oxygen atoms in total. The lowest BCUT2D eigenvalue weighted by atomic mass is 10.2. The lowest BCUT2D eigenvalue weighted by molar-refractivity contribution is 0.211. The molecule has 0 aliphatic rings. The Kier molecular flexibility index (Phi) is 6.13. The topological polar surface area (TPSA) is 60.7 Å². The quantitative estimate of drug-likeness (QED) is 0.699. The smallest absolute Gasteiger partial charge is 0.162 e. The van der Waals surface area contributed by atoms with Gasteiger partial charge in [0.15, 0.2) is 11.5 Å². The van der Waals surface area contributed by atoms with Gasteiger partial charge in [-0.25, -0.2) is 0 Å². The zero-order valence-corrected chi connectivity index (χ0v) is 13.2. The Hall–Kier alpha value is -2.87. The van der Waals surface area contributed by atoms with Gasteiger partial charge in [-0.1, -0.05) is 0 Å². The summed E-state index contributed by atoms with van der Waals surface area (Å²) < 4.78 is 21.8. The molecule has 0 aliphatic heterocycles. The Morgan fingerprint density at radius 2 is 1.52 bits per heavy atom. The maximum Gasteiger partial charge on any atom is 0.162 e. The summed E-state index contributed by atoms with van der Waals surface area (Å²) in [5.74, 6) is 2.69. The van der Waals surface area contributed by atoms with Gasteiger partial charge in [0.2, 0.25) is 0 Å². The number of benzene rings is 2. The Bertz CT molecular complexity index is 662. The number of hydrogen-bond donors (Lipinski definition) is 0. The fraction of sp³-hybridized carbons (Fsp3) is 0.278. The van der Waals surface area contributed by atoms with Crippen LogP contribution in [0, 0.1) is 11.3 Å². The zero-order valence-electron chi connectivity index (χ0n) is 13.2. The van der Waals surface area contributed by atoms with Crippen molar-refractivity contribution in [3.8, 4) is 29.1 Å². The van der Waals surface area contributed by atoms with Crippen LogP contribution in [0.3, 0.4) is 0 Å². The van der Waals surface area contributed by atoms with Crippen LogP contribution in [0.5, 0.6) is 23.0 Å². The van der Waals surface area contributed by atoms with E-state index in [-0.39, 0.29) is 0 Å². The number of rotatable bonds is 8. The van der Waals surface area contributed by atoms with E-state index >= 15 is 0 Å². The van der Waals surface area contributed by atoms with Crippen molar-refractivity contribution < 1.29 is 18.9 Å². The molecule has 0 radical (unpaired) electrons. The summed E-state index contributed by atoms with van der Waals surface area (Å²) in [7, 11) is 1.54. The van der Waals surface area contributed by atoms with E-state index in [9.17, 15) is 0 Å². The van der Waals surface area contributed by atoms with Crippen molar-refractivity contribution in [1.82, 2.24) is 0 Å². The minimum Gasteiger partial charge on any atom is -0.494 e. The highest BCUT2D eigenvalue weighted by atomic mass is 16.5. The van der Waals surface area contributed by atoms with Crippen molar-refractivity contribution in [2.45, 2.75) is 6.92 Å². The molecule has 0 fully saturated rings. The van der Waals surface area contributed by atoms with Gasteiger partial charge in [0.25, 0.3) is 0 Å². The first kappa shape index (κ1) is 16.5. The van der Waals surface area contributed by atoms with E-state index in [1.54, 1.807) is 25.3 Å². The SMILES string of the molecule is CCOc1ccc(OCCOc2ccc(C#N)cc2OC)cc1. The van der Waals surface area contributed by atoms with E-state index in [1.807, 2.05) is 31.2 Å². The van der Waals surface area contributed by atoms with Gasteiger partial charge >= 0.3 is 0 Å². The van der Waals surface area contributed by atoms with Gasteiger partial charge in [0, 0.05) is 6.07 Å². The number of nitrogens with zero attached hydrogens (tertiary/aromatic N) is 1. The van der Waals surface area contributed by atoms with Gasteiger partial charge in [0.05, 0.1) is 25.3 Å². The van der Waals surface area contributed by atoms with Crippen molar-refractivity contribution in [2.75, 3.05) is 26.9 Å². The zero-order chi connectivity index (χ0) is 16.5. The molecule has 2 aromatic carbocycles. The van der Waals surface area contributed by atoms with Gasteiger partial charge in [-0.3, -0.25) is 0 Å². The normalized spacial score (nSPS) is 9.78.